The van der Waals surface area contributed by atoms with Gasteiger partial charge in [0.25, 0.3) is 17.8 Å². The van der Waals surface area contributed by atoms with Crippen LogP contribution in [0.4, 0.5) is 16.1 Å². The van der Waals surface area contributed by atoms with Crippen molar-refractivity contribution in [3.63, 3.8) is 0 Å². The smallest absolute Gasteiger partial charge is 0.298 e. The predicted octanol–water partition coefficient (Wildman–Crippen LogP) is 3.31. The molecule has 2 amide bonds. The number of amides is 2. The van der Waals surface area contributed by atoms with Crippen LogP contribution >= 0.6 is 0 Å². The molecule has 0 N–H and O–H groups in total. The summed E-state index contributed by atoms with van der Waals surface area (Å²) in [4.78, 5) is 33.4. The van der Waals surface area contributed by atoms with Gasteiger partial charge in [-0.05, 0) is 36.4 Å². The molecule has 3 aliphatic rings. The number of hydrogen-bond donors (Lipinski definition) is 0. The zero-order chi connectivity index (χ0) is 34.3. The van der Waals surface area contributed by atoms with Gasteiger partial charge in [0, 0.05) is 73.6 Å². The number of halogens is 1. The topological polar surface area (TPSA) is 121 Å². The molecule has 3 aliphatic heterocycles. The van der Waals surface area contributed by atoms with Crippen molar-refractivity contribution in [1.29, 1.82) is 0 Å². The van der Waals surface area contributed by atoms with E-state index in [9.17, 15) is 14.0 Å². The Labute approximate surface area is 289 Å². The van der Waals surface area contributed by atoms with Gasteiger partial charge in [0.2, 0.25) is 0 Å². The Morgan fingerprint density at radius 2 is 1.44 bits per heavy atom. The molecule has 13 nitrogen and oxygen atoms in total. The number of imide groups is 1. The van der Waals surface area contributed by atoms with Crippen molar-refractivity contribution < 1.29 is 42.1 Å². The van der Waals surface area contributed by atoms with Crippen molar-refractivity contribution in [2.75, 3.05) is 102 Å². The Morgan fingerprint density at radius 3 is 2.16 bits per heavy atom. The highest BCUT2D eigenvalue weighted by atomic mass is 19.1. The predicted molar refractivity (Wildman–Crippen MR) is 183 cm³/mol. The first-order chi connectivity index (χ1) is 24.5. The van der Waals surface area contributed by atoms with Gasteiger partial charge in [0.1, 0.15) is 11.3 Å². The Hall–Kier alpha value is -4.34. The van der Waals surface area contributed by atoms with E-state index < -0.39 is 0 Å². The number of hydrogen-bond acceptors (Lipinski definition) is 11. The number of aromatic nitrogens is 2. The highest BCUT2D eigenvalue weighted by Crippen LogP contribution is 2.35. The molecule has 50 heavy (non-hydrogen) atoms. The highest BCUT2D eigenvalue weighted by Gasteiger charge is 2.26. The lowest BCUT2D eigenvalue weighted by Crippen LogP contribution is -2.36. The van der Waals surface area contributed by atoms with Crippen LogP contribution in [0, 0.1) is 5.82 Å². The van der Waals surface area contributed by atoms with Gasteiger partial charge < -0.3 is 42.5 Å². The number of oxazole rings is 1. The number of rotatable bonds is 17. The van der Waals surface area contributed by atoms with E-state index >= 15 is 0 Å². The summed E-state index contributed by atoms with van der Waals surface area (Å²) >= 11 is 0. The quantitative estimate of drug-likeness (QED) is 0.120. The minimum Gasteiger partial charge on any atom is -0.423 e. The van der Waals surface area contributed by atoms with Crippen molar-refractivity contribution in [1.82, 2.24) is 14.5 Å². The first kappa shape index (κ1) is 34.1. The Morgan fingerprint density at radius 1 is 0.760 bits per heavy atom. The van der Waals surface area contributed by atoms with E-state index in [0.29, 0.717) is 78.6 Å². The molecule has 2 aromatic heterocycles. The van der Waals surface area contributed by atoms with E-state index in [-0.39, 0.29) is 30.8 Å². The fraction of sp³-hybridized carbons (Fsp3) is 0.472. The molecule has 1 fully saturated rings. The zero-order valence-corrected chi connectivity index (χ0v) is 28.0. The molecule has 0 bridgehead atoms. The monoisotopic (exact) mass is 691 g/mol. The van der Waals surface area contributed by atoms with Crippen molar-refractivity contribution >= 4 is 45.5 Å². The molecule has 4 aromatic rings. The van der Waals surface area contributed by atoms with E-state index in [2.05, 4.69) is 26.5 Å². The van der Waals surface area contributed by atoms with Gasteiger partial charge in [0.05, 0.1) is 78.1 Å². The molecule has 0 radical (unpaired) electrons. The summed E-state index contributed by atoms with van der Waals surface area (Å²) in [7, 11) is 0. The Kier molecular flexibility index (Phi) is 11.0. The fourth-order valence-corrected chi connectivity index (χ4v) is 6.61. The van der Waals surface area contributed by atoms with Crippen LogP contribution in [0.3, 0.4) is 0 Å². The first-order valence-electron chi connectivity index (χ1n) is 17.2. The van der Waals surface area contributed by atoms with Gasteiger partial charge in [-0.2, -0.15) is 4.98 Å². The van der Waals surface area contributed by atoms with Gasteiger partial charge in [-0.1, -0.05) is 0 Å². The molecular formula is C36H42FN5O8. The normalized spacial score (nSPS) is 16.5. The van der Waals surface area contributed by atoms with Crippen LogP contribution in [-0.2, 0) is 52.8 Å². The van der Waals surface area contributed by atoms with Crippen LogP contribution in [0.1, 0.15) is 11.3 Å². The third-order valence-electron chi connectivity index (χ3n) is 9.16. The number of ether oxygens (including phenoxy) is 5. The van der Waals surface area contributed by atoms with E-state index in [1.165, 1.54) is 29.5 Å². The van der Waals surface area contributed by atoms with E-state index in [0.717, 1.165) is 58.6 Å². The minimum absolute atomic E-state index is 0.228. The summed E-state index contributed by atoms with van der Waals surface area (Å²) in [6.07, 6.45) is 3.34. The van der Waals surface area contributed by atoms with Gasteiger partial charge in [-0.3, -0.25) is 14.5 Å². The third-order valence-corrected chi connectivity index (χ3v) is 9.16. The van der Waals surface area contributed by atoms with Crippen LogP contribution in [0.15, 0.2) is 53.0 Å². The number of benzene rings is 2. The van der Waals surface area contributed by atoms with Crippen molar-refractivity contribution in [3.05, 3.63) is 65.6 Å². The summed E-state index contributed by atoms with van der Waals surface area (Å²) in [5, 5.41) is 1.06. The van der Waals surface area contributed by atoms with Crippen LogP contribution < -0.4 is 9.80 Å². The Bertz CT molecular complexity index is 1820. The number of morpholine rings is 1. The van der Waals surface area contributed by atoms with Crippen LogP contribution in [0.2, 0.25) is 0 Å². The van der Waals surface area contributed by atoms with Gasteiger partial charge in [0.15, 0.2) is 5.58 Å². The maximum atomic E-state index is 14.4. The number of nitrogens with zero attached hydrogens (tertiary/aromatic N) is 5. The fourth-order valence-electron chi connectivity index (χ4n) is 6.61. The molecule has 0 unspecified atom stereocenters. The minimum atomic E-state index is -0.312. The number of fused-ring (bicyclic) bond motifs is 4. The van der Waals surface area contributed by atoms with Crippen LogP contribution in [0.25, 0.3) is 22.0 Å². The molecule has 5 heterocycles. The summed E-state index contributed by atoms with van der Waals surface area (Å²) in [5.41, 5.74) is 6.00. The second kappa shape index (κ2) is 16.1. The molecule has 266 valence electrons. The number of carbonyl (C=O) groups excluding carboxylic acids is 2. The van der Waals surface area contributed by atoms with Crippen LogP contribution in [0.5, 0.6) is 0 Å². The second-order valence-electron chi connectivity index (χ2n) is 12.3. The lowest BCUT2D eigenvalue weighted by molar-refractivity contribution is -0.137. The van der Waals surface area contributed by atoms with E-state index in [1.54, 1.807) is 6.07 Å². The highest BCUT2D eigenvalue weighted by molar-refractivity contribution is 6.12. The standard InChI is InChI=1S/C36H42FN5O8/c37-26-1-3-28-29-25-40(27-2-4-33-30(24-27)38-36(50-33)39-9-13-45-14-10-39)8-7-31(29)41(32(28)23-26)11-15-46-17-19-48-21-22-49-20-18-47-16-12-42-34(43)5-6-35(42)44/h1-6,23-24H,7-22,25H2. The molecule has 2 aromatic carbocycles. The van der Waals surface area contributed by atoms with Gasteiger partial charge >= 0.3 is 0 Å². The molecule has 0 atom stereocenters. The van der Waals surface area contributed by atoms with Crippen molar-refractivity contribution in [3.8, 4) is 0 Å². The summed E-state index contributed by atoms with van der Waals surface area (Å²) in [6.45, 7) is 8.47. The molecular weight excluding hydrogens is 649 g/mol. The number of carbonyl (C=O) groups is 2. The summed E-state index contributed by atoms with van der Waals surface area (Å²) in [6, 6.07) is 11.8. The van der Waals surface area contributed by atoms with Gasteiger partial charge in [-0.15, -0.1) is 0 Å². The zero-order valence-electron chi connectivity index (χ0n) is 28.0. The average molecular weight is 692 g/mol. The molecule has 0 aliphatic carbocycles. The van der Waals surface area contributed by atoms with Gasteiger partial charge in [-0.25, -0.2) is 4.39 Å². The lowest BCUT2D eigenvalue weighted by atomic mass is 10.0. The molecule has 1 saturated heterocycles. The van der Waals surface area contributed by atoms with Crippen molar-refractivity contribution in [2.24, 2.45) is 0 Å². The molecule has 0 spiro atoms. The second-order valence-corrected chi connectivity index (χ2v) is 12.3. The van der Waals surface area contributed by atoms with Crippen LogP contribution in [-0.4, -0.2) is 119 Å². The maximum absolute atomic E-state index is 14.4. The largest absolute Gasteiger partial charge is 0.423 e. The third kappa shape index (κ3) is 7.84. The molecule has 0 saturated carbocycles. The maximum Gasteiger partial charge on any atom is 0.298 e. The SMILES string of the molecule is O=C1C=CC(=O)N1CCOCCOCCOCCOCCn1c2c(c3ccc(F)cc31)CN(c1ccc3oc(N4CCOCC4)nc3c1)CC2. The van der Waals surface area contributed by atoms with Crippen molar-refractivity contribution in [2.45, 2.75) is 19.5 Å². The Balaban J connectivity index is 0.845. The molecule has 14 heteroatoms. The average Bonchev–Trinajstić information content (AvgIpc) is 3.80. The van der Waals surface area contributed by atoms with E-state index in [4.69, 9.17) is 33.1 Å². The lowest BCUT2D eigenvalue weighted by Gasteiger charge is -2.30. The first-order valence-corrected chi connectivity index (χ1v) is 17.2. The summed E-state index contributed by atoms with van der Waals surface area (Å²) in [5.74, 6) is -0.879. The summed E-state index contributed by atoms with van der Waals surface area (Å²) < 4.78 is 50.6. The van der Waals surface area contributed by atoms with E-state index in [1.807, 2.05) is 12.1 Å². The molecule has 7 rings (SSSR count). The number of anilines is 2.